The zero-order valence-electron chi connectivity index (χ0n) is 15.2. The third-order valence-corrected chi connectivity index (χ3v) is 5.61. The van der Waals surface area contributed by atoms with Gasteiger partial charge >= 0.3 is 0 Å². The van der Waals surface area contributed by atoms with Crippen molar-refractivity contribution in [1.82, 2.24) is 19.9 Å². The fraction of sp³-hybridized carbons (Fsp3) is 0.889. The van der Waals surface area contributed by atoms with Crippen LogP contribution in [0.5, 0.6) is 0 Å². The van der Waals surface area contributed by atoms with Gasteiger partial charge in [0.15, 0.2) is 5.82 Å². The van der Waals surface area contributed by atoms with Crippen LogP contribution in [0, 0.1) is 0 Å². The molecular formula is C18H32N4O2. The zero-order chi connectivity index (χ0) is 17.0. The molecule has 2 fully saturated rings. The minimum Gasteiger partial charge on any atom is -0.389 e. The van der Waals surface area contributed by atoms with Gasteiger partial charge < -0.3 is 9.63 Å². The van der Waals surface area contributed by atoms with Crippen LogP contribution in [0.1, 0.15) is 63.6 Å². The van der Waals surface area contributed by atoms with Gasteiger partial charge in [0.1, 0.15) is 0 Å². The third-order valence-electron chi connectivity index (χ3n) is 5.61. The summed E-state index contributed by atoms with van der Waals surface area (Å²) in [5.41, 5.74) is -0.473. The number of piperidine rings is 1. The number of hydrogen-bond acceptors (Lipinski definition) is 6. The van der Waals surface area contributed by atoms with E-state index in [-0.39, 0.29) is 0 Å². The number of aryl methyl sites for hydroxylation is 1. The fourth-order valence-corrected chi connectivity index (χ4v) is 4.19. The Morgan fingerprint density at radius 1 is 1.29 bits per heavy atom. The Bertz CT molecular complexity index is 513. The summed E-state index contributed by atoms with van der Waals surface area (Å²) in [6.07, 6.45) is 8.69. The molecule has 0 bridgehead atoms. The predicted molar refractivity (Wildman–Crippen MR) is 92.6 cm³/mol. The molecule has 136 valence electrons. The van der Waals surface area contributed by atoms with E-state index in [4.69, 9.17) is 4.52 Å². The quantitative estimate of drug-likeness (QED) is 0.859. The maximum atomic E-state index is 10.8. The molecule has 24 heavy (non-hydrogen) atoms. The maximum absolute atomic E-state index is 10.8. The molecule has 1 saturated heterocycles. The summed E-state index contributed by atoms with van der Waals surface area (Å²) in [6, 6.07) is 0.502. The van der Waals surface area contributed by atoms with Gasteiger partial charge in [-0.1, -0.05) is 31.3 Å². The SMILES string of the molecule is CCc1nc(CN2CCC[C@H](N(C)CC3(O)CCCCC3)C2)no1. The highest BCUT2D eigenvalue weighted by Crippen LogP contribution is 2.29. The molecule has 0 spiro atoms. The number of aliphatic hydroxyl groups is 1. The van der Waals surface area contributed by atoms with E-state index in [1.807, 2.05) is 6.92 Å². The summed E-state index contributed by atoms with van der Waals surface area (Å²) in [5.74, 6) is 1.51. The van der Waals surface area contributed by atoms with E-state index in [0.29, 0.717) is 6.04 Å². The van der Waals surface area contributed by atoms with Gasteiger partial charge in [-0.2, -0.15) is 4.98 Å². The monoisotopic (exact) mass is 336 g/mol. The smallest absolute Gasteiger partial charge is 0.226 e. The first-order chi connectivity index (χ1) is 11.6. The molecule has 3 rings (SSSR count). The average molecular weight is 336 g/mol. The lowest BCUT2D eigenvalue weighted by molar-refractivity contribution is -0.0366. The normalized spacial score (nSPS) is 25.2. The lowest BCUT2D eigenvalue weighted by Gasteiger charge is -2.42. The number of rotatable bonds is 6. The Morgan fingerprint density at radius 2 is 2.08 bits per heavy atom. The summed E-state index contributed by atoms with van der Waals surface area (Å²) in [4.78, 5) is 9.22. The Kier molecular flexibility index (Phi) is 5.89. The standard InChI is InChI=1S/C18H32N4O2/c1-3-17-19-16(20-24-17)13-22-11-7-8-15(12-22)21(2)14-18(23)9-5-4-6-10-18/h15,23H,3-14H2,1-2H3/t15-/m0/s1. The molecule has 2 heterocycles. The maximum Gasteiger partial charge on any atom is 0.226 e. The topological polar surface area (TPSA) is 65.6 Å². The highest BCUT2D eigenvalue weighted by Gasteiger charge is 2.33. The van der Waals surface area contributed by atoms with E-state index in [1.165, 1.54) is 32.1 Å². The second-order valence-electron chi connectivity index (χ2n) is 7.69. The number of likely N-dealkylation sites (tertiary alicyclic amines) is 1. The van der Waals surface area contributed by atoms with Crippen molar-refractivity contribution in [3.63, 3.8) is 0 Å². The van der Waals surface area contributed by atoms with Crippen molar-refractivity contribution in [3.05, 3.63) is 11.7 Å². The molecule has 0 aromatic carbocycles. The van der Waals surface area contributed by atoms with Crippen molar-refractivity contribution in [2.24, 2.45) is 0 Å². The number of nitrogens with zero attached hydrogens (tertiary/aromatic N) is 4. The van der Waals surface area contributed by atoms with Crippen LogP contribution in [0.2, 0.25) is 0 Å². The van der Waals surface area contributed by atoms with Crippen LogP contribution in [0.15, 0.2) is 4.52 Å². The van der Waals surface area contributed by atoms with Crippen molar-refractivity contribution in [3.8, 4) is 0 Å². The number of aromatic nitrogens is 2. The van der Waals surface area contributed by atoms with Crippen molar-refractivity contribution < 1.29 is 9.63 Å². The molecule has 0 radical (unpaired) electrons. The minimum absolute atomic E-state index is 0.473. The van der Waals surface area contributed by atoms with Crippen LogP contribution < -0.4 is 0 Å². The molecule has 6 heteroatoms. The zero-order valence-corrected chi connectivity index (χ0v) is 15.2. The molecule has 1 aliphatic heterocycles. The van der Waals surface area contributed by atoms with Crippen LogP contribution in [-0.2, 0) is 13.0 Å². The highest BCUT2D eigenvalue weighted by atomic mass is 16.5. The van der Waals surface area contributed by atoms with Gasteiger partial charge in [-0.3, -0.25) is 9.80 Å². The minimum atomic E-state index is -0.473. The van der Waals surface area contributed by atoms with Crippen molar-refractivity contribution in [1.29, 1.82) is 0 Å². The first-order valence-corrected chi connectivity index (χ1v) is 9.54. The molecule has 0 amide bonds. The van der Waals surface area contributed by atoms with Crippen LogP contribution in [0.4, 0.5) is 0 Å². The lowest BCUT2D eigenvalue weighted by Crippen LogP contribution is -2.51. The Morgan fingerprint density at radius 3 is 2.79 bits per heavy atom. The molecule has 1 aromatic heterocycles. The van der Waals surface area contributed by atoms with E-state index in [1.54, 1.807) is 0 Å². The van der Waals surface area contributed by atoms with Gasteiger partial charge in [0.05, 0.1) is 12.1 Å². The highest BCUT2D eigenvalue weighted by molar-refractivity contribution is 4.91. The Labute approximate surface area is 145 Å². The fourth-order valence-electron chi connectivity index (χ4n) is 4.19. The molecule has 6 nitrogen and oxygen atoms in total. The third kappa shape index (κ3) is 4.55. The van der Waals surface area contributed by atoms with Gasteiger partial charge in [-0.25, -0.2) is 0 Å². The summed E-state index contributed by atoms with van der Waals surface area (Å²) < 4.78 is 5.21. The van der Waals surface area contributed by atoms with Crippen LogP contribution in [0.25, 0.3) is 0 Å². The second-order valence-corrected chi connectivity index (χ2v) is 7.69. The molecule has 1 saturated carbocycles. The van der Waals surface area contributed by atoms with Gasteiger partial charge in [0.2, 0.25) is 5.89 Å². The van der Waals surface area contributed by atoms with E-state index >= 15 is 0 Å². The van der Waals surface area contributed by atoms with Crippen LogP contribution >= 0.6 is 0 Å². The summed E-state index contributed by atoms with van der Waals surface area (Å²) in [6.45, 7) is 5.69. The largest absolute Gasteiger partial charge is 0.389 e. The predicted octanol–water partition coefficient (Wildman–Crippen LogP) is 2.22. The Hall–Kier alpha value is -0.980. The number of likely N-dealkylation sites (N-methyl/N-ethyl adjacent to an activating group) is 1. The molecule has 1 N–H and O–H groups in total. The van der Waals surface area contributed by atoms with E-state index < -0.39 is 5.60 Å². The summed E-state index contributed by atoms with van der Waals surface area (Å²) >= 11 is 0. The Balaban J connectivity index is 1.52. The van der Waals surface area contributed by atoms with Gasteiger partial charge in [-0.05, 0) is 39.3 Å². The molecule has 1 aromatic rings. The molecular weight excluding hydrogens is 304 g/mol. The van der Waals surface area contributed by atoms with Crippen LogP contribution in [-0.4, -0.2) is 63.4 Å². The lowest BCUT2D eigenvalue weighted by atomic mass is 9.84. The van der Waals surface area contributed by atoms with Gasteiger partial charge in [0.25, 0.3) is 0 Å². The van der Waals surface area contributed by atoms with Crippen LogP contribution in [0.3, 0.4) is 0 Å². The second kappa shape index (κ2) is 7.93. The van der Waals surface area contributed by atoms with Gasteiger partial charge in [-0.15, -0.1) is 0 Å². The molecule has 0 unspecified atom stereocenters. The molecule has 1 aliphatic carbocycles. The number of hydrogen-bond donors (Lipinski definition) is 1. The van der Waals surface area contributed by atoms with Crippen molar-refractivity contribution in [2.45, 2.75) is 76.5 Å². The molecule has 1 atom stereocenters. The molecule has 2 aliphatic rings. The van der Waals surface area contributed by atoms with Crippen molar-refractivity contribution in [2.75, 3.05) is 26.7 Å². The van der Waals surface area contributed by atoms with E-state index in [2.05, 4.69) is 27.0 Å². The first-order valence-electron chi connectivity index (χ1n) is 9.54. The average Bonchev–Trinajstić information content (AvgIpc) is 3.03. The van der Waals surface area contributed by atoms with E-state index in [9.17, 15) is 5.11 Å². The summed E-state index contributed by atoms with van der Waals surface area (Å²) in [7, 11) is 2.17. The first kappa shape index (κ1) is 17.8. The van der Waals surface area contributed by atoms with E-state index in [0.717, 1.165) is 57.2 Å². The van der Waals surface area contributed by atoms with Crippen molar-refractivity contribution >= 4 is 0 Å². The summed E-state index contributed by atoms with van der Waals surface area (Å²) in [5, 5.41) is 14.9. The van der Waals surface area contributed by atoms with Gasteiger partial charge in [0, 0.05) is 25.6 Å².